The van der Waals surface area contributed by atoms with Gasteiger partial charge in [-0.15, -0.1) is 10.2 Å². The summed E-state index contributed by atoms with van der Waals surface area (Å²) in [5, 5.41) is 24.6. The van der Waals surface area contributed by atoms with Gasteiger partial charge in [-0.3, -0.25) is 9.78 Å². The fourth-order valence-electron chi connectivity index (χ4n) is 6.44. The number of benzene rings is 3. The highest BCUT2D eigenvalue weighted by molar-refractivity contribution is 6.31. The van der Waals surface area contributed by atoms with E-state index in [1.165, 1.54) is 19.1 Å². The van der Waals surface area contributed by atoms with Crippen molar-refractivity contribution in [2.75, 3.05) is 7.11 Å². The maximum absolute atomic E-state index is 13.3. The molecule has 1 amide bonds. The molecule has 0 saturated heterocycles. The van der Waals surface area contributed by atoms with Gasteiger partial charge >= 0.3 is 6.18 Å². The highest BCUT2D eigenvalue weighted by Gasteiger charge is 2.45. The molecule has 0 bridgehead atoms. The van der Waals surface area contributed by atoms with E-state index in [-0.39, 0.29) is 12.4 Å². The van der Waals surface area contributed by atoms with Gasteiger partial charge in [0.05, 0.1) is 29.6 Å². The fraction of sp³-hybridized carbons (Fsp3) is 0.162. The van der Waals surface area contributed by atoms with Crippen molar-refractivity contribution in [2.45, 2.75) is 32.3 Å². The minimum absolute atomic E-state index is 0.0438. The third kappa shape index (κ3) is 6.09. The van der Waals surface area contributed by atoms with E-state index in [0.29, 0.717) is 44.7 Å². The molecule has 0 saturated carbocycles. The Kier molecular flexibility index (Phi) is 8.40. The van der Waals surface area contributed by atoms with Crippen LogP contribution in [0, 0.1) is 0 Å². The third-order valence-electron chi connectivity index (χ3n) is 9.05. The number of carbonyl (C=O) groups is 1. The molecule has 1 aliphatic heterocycles. The molecule has 0 fully saturated rings. The van der Waals surface area contributed by atoms with Crippen molar-refractivity contribution in [3.8, 4) is 39.8 Å². The minimum Gasteiger partial charge on any atom is -0.497 e. The Balaban J connectivity index is 1.23. The highest BCUT2D eigenvalue weighted by Crippen LogP contribution is 2.40. The third-order valence-corrected chi connectivity index (χ3v) is 9.29. The molecular formula is C37H28ClF3N10O3. The summed E-state index contributed by atoms with van der Waals surface area (Å²) in [7, 11) is 1.59. The zero-order chi connectivity index (χ0) is 37.8. The lowest BCUT2D eigenvalue weighted by atomic mass is 10.0. The van der Waals surface area contributed by atoms with Crippen LogP contribution in [-0.4, -0.2) is 63.5 Å². The van der Waals surface area contributed by atoms with Crippen LogP contribution in [0.25, 0.3) is 44.9 Å². The van der Waals surface area contributed by atoms with Crippen molar-refractivity contribution in [3.63, 3.8) is 0 Å². The van der Waals surface area contributed by atoms with Crippen molar-refractivity contribution in [1.82, 2.24) is 44.5 Å². The lowest BCUT2D eigenvalue weighted by Crippen LogP contribution is -2.41. The van der Waals surface area contributed by atoms with Gasteiger partial charge in [-0.25, -0.2) is 4.68 Å². The van der Waals surface area contributed by atoms with E-state index in [1.54, 1.807) is 54.0 Å². The molecule has 5 heterocycles. The summed E-state index contributed by atoms with van der Waals surface area (Å²) < 4.78 is 56.8. The SMILES string of the molecule is COc1ccc(-n2nnnc2-c2cn(-c3ccncc3)nc2-c2cn(CC3=NN(C(C)=O)C(C)(c4ccc(C(F)(F)F)cc4)O3)c3ccc(Cl)cc23)cc1. The second kappa shape index (κ2) is 13.1. The van der Waals surface area contributed by atoms with Gasteiger partial charge in [-0.1, -0.05) is 23.7 Å². The Bertz CT molecular complexity index is 2550. The van der Waals surface area contributed by atoms with Crippen molar-refractivity contribution >= 4 is 34.3 Å². The van der Waals surface area contributed by atoms with Crippen LogP contribution in [-0.2, 0) is 28.0 Å². The Labute approximate surface area is 309 Å². The topological polar surface area (TPSA) is 130 Å². The van der Waals surface area contributed by atoms with Crippen LogP contribution < -0.4 is 4.74 Å². The number of nitrogens with zero attached hydrogens (tertiary/aromatic N) is 10. The maximum atomic E-state index is 13.3. The van der Waals surface area contributed by atoms with Crippen molar-refractivity contribution in [2.24, 2.45) is 5.10 Å². The van der Waals surface area contributed by atoms with E-state index in [4.69, 9.17) is 26.2 Å². The number of carbonyl (C=O) groups excluding carboxylic acids is 1. The Morgan fingerprint density at radius 3 is 2.37 bits per heavy atom. The summed E-state index contributed by atoms with van der Waals surface area (Å²) in [6, 6.07) is 20.8. The number of rotatable bonds is 8. The standard InChI is InChI=1S/C37H28ClF3N10O3/c1-22(52)51-36(2,23-4-6-24(7-5-23)37(39,40)41)54-33(44-51)21-48-19-30(29-18-25(38)8-13-32(29)48)34-31(20-49(45-34)26-14-16-42-17-15-26)35-43-46-47-50(35)27-9-11-28(53-3)12-10-27/h4-20H,21H2,1-3H3. The summed E-state index contributed by atoms with van der Waals surface area (Å²) in [6.07, 6.45) is 2.49. The van der Waals surface area contributed by atoms with Gasteiger partial charge in [0, 0.05) is 65.7 Å². The molecule has 0 radical (unpaired) electrons. The van der Waals surface area contributed by atoms with Crippen LogP contribution >= 0.6 is 11.6 Å². The Morgan fingerprint density at radius 2 is 1.69 bits per heavy atom. The number of amides is 1. The van der Waals surface area contributed by atoms with Gasteiger partial charge in [0.15, 0.2) is 5.82 Å². The lowest BCUT2D eigenvalue weighted by molar-refractivity contribution is -0.146. The number of hydrogen-bond acceptors (Lipinski definition) is 9. The predicted molar refractivity (Wildman–Crippen MR) is 192 cm³/mol. The number of fused-ring (bicyclic) bond motifs is 1. The van der Waals surface area contributed by atoms with Crippen LogP contribution in [0.4, 0.5) is 13.2 Å². The van der Waals surface area contributed by atoms with E-state index < -0.39 is 23.4 Å². The number of alkyl halides is 3. The number of halogens is 4. The number of hydrogen-bond donors (Lipinski definition) is 0. The highest BCUT2D eigenvalue weighted by atomic mass is 35.5. The zero-order valence-corrected chi connectivity index (χ0v) is 29.5. The summed E-state index contributed by atoms with van der Waals surface area (Å²) in [4.78, 5) is 17.0. The number of ether oxygens (including phenoxy) is 2. The normalized spacial score (nSPS) is 15.8. The Hall–Kier alpha value is -6.55. The van der Waals surface area contributed by atoms with Gasteiger partial charge in [0.2, 0.25) is 17.5 Å². The van der Waals surface area contributed by atoms with E-state index in [1.807, 2.05) is 53.4 Å². The summed E-state index contributed by atoms with van der Waals surface area (Å²) in [5.41, 5.74) is 1.94. The predicted octanol–water partition coefficient (Wildman–Crippen LogP) is 7.28. The van der Waals surface area contributed by atoms with Crippen LogP contribution in [0.15, 0.2) is 109 Å². The summed E-state index contributed by atoms with van der Waals surface area (Å²) in [6.45, 7) is 2.93. The molecule has 13 nitrogen and oxygen atoms in total. The second-order valence-corrected chi connectivity index (χ2v) is 12.9. The number of hydrazone groups is 1. The quantitative estimate of drug-likeness (QED) is 0.158. The van der Waals surface area contributed by atoms with Crippen LogP contribution in [0.3, 0.4) is 0 Å². The fourth-order valence-corrected chi connectivity index (χ4v) is 6.61. The largest absolute Gasteiger partial charge is 0.497 e. The summed E-state index contributed by atoms with van der Waals surface area (Å²) >= 11 is 6.58. The number of methoxy groups -OCH3 is 1. The Morgan fingerprint density at radius 1 is 0.944 bits per heavy atom. The number of aromatic nitrogens is 8. The first-order chi connectivity index (χ1) is 25.9. The maximum Gasteiger partial charge on any atom is 0.416 e. The van der Waals surface area contributed by atoms with E-state index >= 15 is 0 Å². The van der Waals surface area contributed by atoms with Gasteiger partial charge in [-0.2, -0.15) is 28.0 Å². The minimum atomic E-state index is -4.52. The molecule has 0 aliphatic carbocycles. The first kappa shape index (κ1) is 34.5. The number of pyridine rings is 1. The average Bonchev–Trinajstić information content (AvgIpc) is 3.96. The molecule has 4 aromatic heterocycles. The lowest BCUT2D eigenvalue weighted by Gasteiger charge is -2.31. The molecule has 8 rings (SSSR count). The van der Waals surface area contributed by atoms with E-state index in [9.17, 15) is 18.0 Å². The van der Waals surface area contributed by atoms with Gasteiger partial charge < -0.3 is 14.0 Å². The monoisotopic (exact) mass is 752 g/mol. The molecule has 1 aliphatic rings. The van der Waals surface area contributed by atoms with Gasteiger partial charge in [0.1, 0.15) is 18.0 Å². The van der Waals surface area contributed by atoms with E-state index in [0.717, 1.165) is 33.7 Å². The molecule has 0 N–H and O–H groups in total. The molecule has 17 heteroatoms. The molecule has 54 heavy (non-hydrogen) atoms. The molecular weight excluding hydrogens is 725 g/mol. The van der Waals surface area contributed by atoms with Crippen LogP contribution in [0.5, 0.6) is 5.75 Å². The van der Waals surface area contributed by atoms with E-state index in [2.05, 4.69) is 25.6 Å². The molecule has 272 valence electrons. The molecule has 1 atom stereocenters. The average molecular weight is 753 g/mol. The molecule has 7 aromatic rings. The van der Waals surface area contributed by atoms with Gasteiger partial charge in [-0.05, 0) is 77.2 Å². The van der Waals surface area contributed by atoms with Crippen LogP contribution in [0.2, 0.25) is 5.02 Å². The molecule has 3 aromatic carbocycles. The zero-order valence-electron chi connectivity index (χ0n) is 28.7. The second-order valence-electron chi connectivity index (χ2n) is 12.5. The van der Waals surface area contributed by atoms with Crippen molar-refractivity contribution in [1.29, 1.82) is 0 Å². The molecule has 0 spiro atoms. The van der Waals surface area contributed by atoms with Crippen LogP contribution in [0.1, 0.15) is 25.0 Å². The first-order valence-electron chi connectivity index (χ1n) is 16.4. The smallest absolute Gasteiger partial charge is 0.416 e. The van der Waals surface area contributed by atoms with Crippen molar-refractivity contribution < 1.29 is 27.4 Å². The summed E-state index contributed by atoms with van der Waals surface area (Å²) in [5.74, 6) is 0.771. The first-order valence-corrected chi connectivity index (χ1v) is 16.8. The molecule has 1 unspecified atom stereocenters. The van der Waals surface area contributed by atoms with Gasteiger partial charge in [0.25, 0.3) is 0 Å². The number of tetrazole rings is 1. The van der Waals surface area contributed by atoms with Crippen molar-refractivity contribution in [3.05, 3.63) is 120 Å².